The van der Waals surface area contributed by atoms with Crippen molar-refractivity contribution in [2.45, 2.75) is 62.8 Å². The third kappa shape index (κ3) is 4.28. The first-order chi connectivity index (χ1) is 10.2. The van der Waals surface area contributed by atoms with E-state index in [4.69, 9.17) is 4.74 Å². The number of carbonyl (C=O) groups excluding carboxylic acids is 2. The first-order valence-corrected chi connectivity index (χ1v) is 8.97. The van der Waals surface area contributed by atoms with Crippen LogP contribution in [0.1, 0.15) is 45.4 Å². The Labute approximate surface area is 130 Å². The molecule has 2 fully saturated rings. The minimum Gasteiger partial charge on any atom is -0.469 e. The first-order valence-electron chi connectivity index (χ1n) is 7.92. The summed E-state index contributed by atoms with van der Waals surface area (Å²) in [6.45, 7) is 2.14. The van der Waals surface area contributed by atoms with E-state index in [0.29, 0.717) is 5.25 Å². The highest BCUT2D eigenvalue weighted by atomic mass is 32.2. The molecule has 4 atom stereocenters. The second-order valence-electron chi connectivity index (χ2n) is 5.92. The Morgan fingerprint density at radius 1 is 1.38 bits per heavy atom. The van der Waals surface area contributed by atoms with Crippen LogP contribution in [-0.2, 0) is 9.53 Å². The van der Waals surface area contributed by atoms with Crippen molar-refractivity contribution >= 4 is 23.8 Å². The Morgan fingerprint density at radius 2 is 2.14 bits per heavy atom. The fourth-order valence-corrected chi connectivity index (χ4v) is 4.75. The molecule has 0 aliphatic carbocycles. The summed E-state index contributed by atoms with van der Waals surface area (Å²) in [5, 5.41) is 6.44. The molecule has 21 heavy (non-hydrogen) atoms. The van der Waals surface area contributed by atoms with Gasteiger partial charge in [0, 0.05) is 11.0 Å². The molecule has 0 spiro atoms. The van der Waals surface area contributed by atoms with Crippen LogP contribution in [0.2, 0.25) is 0 Å². The van der Waals surface area contributed by atoms with Gasteiger partial charge in [0.1, 0.15) is 0 Å². The van der Waals surface area contributed by atoms with Crippen molar-refractivity contribution in [3.8, 4) is 0 Å². The summed E-state index contributed by atoms with van der Waals surface area (Å²) in [4.78, 5) is 23.1. The van der Waals surface area contributed by atoms with Gasteiger partial charge in [-0.1, -0.05) is 26.2 Å². The summed E-state index contributed by atoms with van der Waals surface area (Å²) >= 11 is 1.93. The van der Waals surface area contributed by atoms with E-state index in [0.717, 1.165) is 44.3 Å². The molecule has 0 aromatic heterocycles. The number of hydrogen-bond donors (Lipinski definition) is 2. The molecule has 2 heterocycles. The molecular weight excluding hydrogens is 288 g/mol. The van der Waals surface area contributed by atoms with Gasteiger partial charge in [-0.3, -0.25) is 4.79 Å². The largest absolute Gasteiger partial charge is 0.469 e. The van der Waals surface area contributed by atoms with Gasteiger partial charge in [-0.25, -0.2) is 4.79 Å². The minimum atomic E-state index is -0.0729. The minimum absolute atomic E-state index is 0.0356. The number of rotatable bonds is 8. The molecule has 0 aromatic rings. The predicted octanol–water partition coefficient (Wildman–Crippen LogP) is 2.30. The molecule has 2 aliphatic heterocycles. The predicted molar refractivity (Wildman–Crippen MR) is 84.4 cm³/mol. The van der Waals surface area contributed by atoms with E-state index in [1.54, 1.807) is 0 Å². The second kappa shape index (κ2) is 7.92. The van der Waals surface area contributed by atoms with Gasteiger partial charge in [-0.05, 0) is 19.3 Å². The summed E-state index contributed by atoms with van der Waals surface area (Å²) in [5.41, 5.74) is 0. The summed E-state index contributed by atoms with van der Waals surface area (Å²) in [6, 6.07) is 0.504. The molecule has 2 N–H and O–H groups in total. The van der Waals surface area contributed by atoms with E-state index in [-0.39, 0.29) is 30.0 Å². The van der Waals surface area contributed by atoms with Gasteiger partial charge in [0.15, 0.2) is 0 Å². The number of urea groups is 1. The van der Waals surface area contributed by atoms with Crippen molar-refractivity contribution in [2.24, 2.45) is 5.92 Å². The lowest BCUT2D eigenvalue weighted by Crippen LogP contribution is -2.36. The molecule has 6 heteroatoms. The van der Waals surface area contributed by atoms with E-state index in [1.165, 1.54) is 7.11 Å². The van der Waals surface area contributed by atoms with Crippen molar-refractivity contribution in [2.75, 3.05) is 12.9 Å². The number of fused-ring (bicyclic) bond motifs is 1. The van der Waals surface area contributed by atoms with Gasteiger partial charge in [0.25, 0.3) is 0 Å². The lowest BCUT2D eigenvalue weighted by atomic mass is 9.94. The van der Waals surface area contributed by atoms with Gasteiger partial charge in [-0.2, -0.15) is 11.8 Å². The monoisotopic (exact) mass is 314 g/mol. The highest BCUT2D eigenvalue weighted by Crippen LogP contribution is 2.33. The maximum Gasteiger partial charge on any atom is 0.315 e. The molecule has 2 aliphatic rings. The van der Waals surface area contributed by atoms with Crippen molar-refractivity contribution in [3.63, 3.8) is 0 Å². The lowest BCUT2D eigenvalue weighted by Gasteiger charge is -2.18. The Morgan fingerprint density at radius 3 is 2.86 bits per heavy atom. The Hall–Kier alpha value is -0.910. The molecular formula is C15H26N2O3S. The highest BCUT2D eigenvalue weighted by Gasteiger charge is 2.42. The number of nitrogens with one attached hydrogen (secondary N) is 2. The molecule has 2 amide bonds. The average molecular weight is 314 g/mol. The van der Waals surface area contributed by atoms with E-state index < -0.39 is 0 Å². The summed E-state index contributed by atoms with van der Waals surface area (Å²) in [6.07, 6.45) is 6.05. The fraction of sp³-hybridized carbons (Fsp3) is 0.867. The van der Waals surface area contributed by atoms with Crippen LogP contribution >= 0.6 is 11.8 Å². The van der Waals surface area contributed by atoms with Crippen LogP contribution in [0.15, 0.2) is 0 Å². The van der Waals surface area contributed by atoms with Gasteiger partial charge in [0.2, 0.25) is 0 Å². The number of hydrogen-bond acceptors (Lipinski definition) is 4. The number of thioether (sulfide) groups is 1. The van der Waals surface area contributed by atoms with Gasteiger partial charge in [0.05, 0.1) is 25.1 Å². The summed E-state index contributed by atoms with van der Waals surface area (Å²) < 4.78 is 4.90. The van der Waals surface area contributed by atoms with Crippen LogP contribution < -0.4 is 10.6 Å². The van der Waals surface area contributed by atoms with Gasteiger partial charge in [-0.15, -0.1) is 0 Å². The van der Waals surface area contributed by atoms with Crippen LogP contribution in [0.25, 0.3) is 0 Å². The molecule has 0 unspecified atom stereocenters. The third-order valence-corrected chi connectivity index (χ3v) is 5.93. The Balaban J connectivity index is 1.74. The van der Waals surface area contributed by atoms with Crippen molar-refractivity contribution < 1.29 is 14.3 Å². The van der Waals surface area contributed by atoms with Crippen molar-refractivity contribution in [3.05, 3.63) is 0 Å². The van der Waals surface area contributed by atoms with E-state index in [2.05, 4.69) is 17.6 Å². The average Bonchev–Trinajstić information content (AvgIpc) is 3.01. The first kappa shape index (κ1) is 16.5. The van der Waals surface area contributed by atoms with Crippen molar-refractivity contribution in [1.29, 1.82) is 0 Å². The Kier molecular flexibility index (Phi) is 6.21. The number of amides is 2. The maximum atomic E-state index is 11.8. The number of carbonyl (C=O) groups is 2. The number of ether oxygens (including phenoxy) is 1. The standard InChI is InChI=1S/C15H26N2O3S/c1-3-4-6-10(14(18)20-2)7-5-8-12-13-11(9-21-12)16-15(19)17-13/h10-13H,3-9H2,1-2H3,(H2,16,17,19)/t10-,11-,12-,13-/m0/s1. The topological polar surface area (TPSA) is 67.4 Å². The Bertz CT molecular complexity index is 378. The number of esters is 1. The maximum absolute atomic E-state index is 11.8. The summed E-state index contributed by atoms with van der Waals surface area (Å²) in [7, 11) is 1.47. The molecule has 0 aromatic carbocycles. The second-order valence-corrected chi connectivity index (χ2v) is 7.19. The van der Waals surface area contributed by atoms with Gasteiger partial charge >= 0.3 is 12.0 Å². The highest BCUT2D eigenvalue weighted by molar-refractivity contribution is 8.00. The lowest BCUT2D eigenvalue weighted by molar-refractivity contribution is -0.146. The molecule has 0 bridgehead atoms. The normalized spacial score (nSPS) is 28.7. The third-order valence-electron chi connectivity index (χ3n) is 4.42. The fourth-order valence-electron chi connectivity index (χ4n) is 3.21. The number of methoxy groups -OCH3 is 1. The summed E-state index contributed by atoms with van der Waals surface area (Å²) in [5.74, 6) is 0.953. The van der Waals surface area contributed by atoms with E-state index in [9.17, 15) is 9.59 Å². The smallest absolute Gasteiger partial charge is 0.315 e. The van der Waals surface area contributed by atoms with Crippen LogP contribution in [-0.4, -0.2) is 42.2 Å². The zero-order valence-corrected chi connectivity index (χ0v) is 13.7. The molecule has 5 nitrogen and oxygen atoms in total. The zero-order chi connectivity index (χ0) is 15.2. The van der Waals surface area contributed by atoms with Crippen LogP contribution in [0.3, 0.4) is 0 Å². The molecule has 0 saturated carbocycles. The number of unbranched alkanes of at least 4 members (excludes halogenated alkanes) is 1. The molecule has 2 rings (SSSR count). The van der Waals surface area contributed by atoms with E-state index >= 15 is 0 Å². The van der Waals surface area contributed by atoms with Crippen LogP contribution in [0.5, 0.6) is 0 Å². The van der Waals surface area contributed by atoms with Crippen LogP contribution in [0, 0.1) is 5.92 Å². The quantitative estimate of drug-likeness (QED) is 0.533. The molecule has 0 radical (unpaired) electrons. The van der Waals surface area contributed by atoms with Crippen molar-refractivity contribution in [1.82, 2.24) is 10.6 Å². The van der Waals surface area contributed by atoms with Crippen LogP contribution in [0.4, 0.5) is 4.79 Å². The zero-order valence-electron chi connectivity index (χ0n) is 12.9. The molecule has 120 valence electrons. The van der Waals surface area contributed by atoms with Gasteiger partial charge < -0.3 is 15.4 Å². The van der Waals surface area contributed by atoms with E-state index in [1.807, 2.05) is 11.8 Å². The molecule has 2 saturated heterocycles. The SMILES string of the molecule is CCCC[C@@H](CCC[C@@H]1SC[C@@H]2NC(=O)N[C@@H]21)C(=O)OC.